The van der Waals surface area contributed by atoms with E-state index in [1.54, 1.807) is 29.4 Å². The van der Waals surface area contributed by atoms with Gasteiger partial charge < -0.3 is 15.2 Å². The zero-order chi connectivity index (χ0) is 17.6. The normalized spacial score (nSPS) is 10.4. The first-order valence-corrected chi connectivity index (χ1v) is 7.85. The maximum Gasteiger partial charge on any atom is 0.262 e. The molecule has 1 amide bonds. The topological polar surface area (TPSA) is 89.3 Å². The molecule has 128 valence electrons. The molecule has 0 unspecified atom stereocenters. The van der Waals surface area contributed by atoms with Gasteiger partial charge in [-0.25, -0.2) is 0 Å². The summed E-state index contributed by atoms with van der Waals surface area (Å²) in [5.74, 6) is 0.418. The Hall–Kier alpha value is -3.35. The summed E-state index contributed by atoms with van der Waals surface area (Å²) in [6.07, 6.45) is 4.05. The average molecular weight is 338 g/mol. The first kappa shape index (κ1) is 16.5. The monoisotopic (exact) mass is 338 g/mol. The molecule has 0 atom stereocenters. The van der Waals surface area contributed by atoms with Gasteiger partial charge in [-0.2, -0.15) is 0 Å². The molecule has 3 aromatic rings. The molecular formula is C18H18N4O3. The average Bonchev–Trinajstić information content (AvgIpc) is 3.16. The van der Waals surface area contributed by atoms with Crippen LogP contribution in [0.1, 0.15) is 12.5 Å². The molecule has 0 fully saturated rings. The summed E-state index contributed by atoms with van der Waals surface area (Å²) in [4.78, 5) is 12.1. The Morgan fingerprint density at radius 1 is 1.16 bits per heavy atom. The number of rotatable bonds is 6. The van der Waals surface area contributed by atoms with Crippen molar-refractivity contribution in [1.82, 2.24) is 14.8 Å². The lowest BCUT2D eigenvalue weighted by Gasteiger charge is -2.13. The van der Waals surface area contributed by atoms with Gasteiger partial charge in [0.05, 0.1) is 5.69 Å². The summed E-state index contributed by atoms with van der Waals surface area (Å²) in [5.41, 5.74) is 2.51. The second kappa shape index (κ2) is 7.48. The highest BCUT2D eigenvalue weighted by Crippen LogP contribution is 2.24. The summed E-state index contributed by atoms with van der Waals surface area (Å²) < 4.78 is 7.42. The minimum absolute atomic E-state index is 0.137. The van der Waals surface area contributed by atoms with Gasteiger partial charge in [-0.3, -0.25) is 9.36 Å². The number of aromatic nitrogens is 3. The van der Waals surface area contributed by atoms with Crippen LogP contribution in [-0.4, -0.2) is 32.4 Å². The number of nitrogens with one attached hydrogen (secondary N) is 1. The number of amides is 1. The largest absolute Gasteiger partial charge is 0.508 e. The number of phenols is 1. The quantitative estimate of drug-likeness (QED) is 0.674. The van der Waals surface area contributed by atoms with Crippen LogP contribution < -0.4 is 10.1 Å². The predicted molar refractivity (Wildman–Crippen MR) is 93.0 cm³/mol. The Morgan fingerprint density at radius 2 is 1.88 bits per heavy atom. The van der Waals surface area contributed by atoms with Crippen LogP contribution in [-0.2, 0) is 11.2 Å². The van der Waals surface area contributed by atoms with E-state index in [9.17, 15) is 9.90 Å². The first-order valence-electron chi connectivity index (χ1n) is 7.85. The fourth-order valence-electron chi connectivity index (χ4n) is 2.32. The molecular weight excluding hydrogens is 320 g/mol. The maximum absolute atomic E-state index is 12.1. The molecule has 3 rings (SSSR count). The Bertz CT molecular complexity index is 845. The molecule has 0 aliphatic carbocycles. The molecule has 0 aliphatic heterocycles. The molecule has 0 radical (unpaired) electrons. The van der Waals surface area contributed by atoms with Gasteiger partial charge in [0, 0.05) is 5.69 Å². The van der Waals surface area contributed by atoms with E-state index in [-0.39, 0.29) is 18.3 Å². The summed E-state index contributed by atoms with van der Waals surface area (Å²) in [7, 11) is 0. The van der Waals surface area contributed by atoms with E-state index < -0.39 is 0 Å². The van der Waals surface area contributed by atoms with Crippen LogP contribution in [0, 0.1) is 0 Å². The number of anilines is 1. The molecule has 1 heterocycles. The number of carbonyl (C=O) groups is 1. The smallest absolute Gasteiger partial charge is 0.262 e. The van der Waals surface area contributed by atoms with Crippen LogP contribution in [0.2, 0.25) is 0 Å². The van der Waals surface area contributed by atoms with Crippen molar-refractivity contribution in [2.45, 2.75) is 13.3 Å². The molecule has 0 saturated heterocycles. The van der Waals surface area contributed by atoms with Crippen molar-refractivity contribution in [3.8, 4) is 17.2 Å². The highest BCUT2D eigenvalue weighted by atomic mass is 16.5. The van der Waals surface area contributed by atoms with Crippen molar-refractivity contribution in [3.05, 3.63) is 60.7 Å². The number of benzene rings is 2. The first-order chi connectivity index (χ1) is 12.2. The van der Waals surface area contributed by atoms with Gasteiger partial charge >= 0.3 is 0 Å². The lowest BCUT2D eigenvalue weighted by atomic mass is 10.1. The van der Waals surface area contributed by atoms with Crippen LogP contribution >= 0.6 is 0 Å². The predicted octanol–water partition coefficient (Wildman–Crippen LogP) is 2.55. The van der Waals surface area contributed by atoms with E-state index in [2.05, 4.69) is 22.4 Å². The molecule has 1 aromatic heterocycles. The third kappa shape index (κ3) is 4.14. The molecule has 2 N–H and O–H groups in total. The third-order valence-corrected chi connectivity index (χ3v) is 3.64. The number of ether oxygens (including phenoxy) is 1. The Balaban J connectivity index is 1.70. The number of hydrogen-bond acceptors (Lipinski definition) is 5. The highest BCUT2D eigenvalue weighted by molar-refractivity contribution is 5.91. The van der Waals surface area contributed by atoms with Crippen LogP contribution in [0.15, 0.2) is 55.1 Å². The van der Waals surface area contributed by atoms with E-state index in [4.69, 9.17) is 4.74 Å². The van der Waals surface area contributed by atoms with Crippen LogP contribution in [0.3, 0.4) is 0 Å². The summed E-state index contributed by atoms with van der Waals surface area (Å²) in [6.45, 7) is 1.93. The van der Waals surface area contributed by atoms with Crippen molar-refractivity contribution < 1.29 is 14.6 Å². The highest BCUT2D eigenvalue weighted by Gasteiger charge is 2.10. The summed E-state index contributed by atoms with van der Waals surface area (Å²) in [5, 5.41) is 19.6. The van der Waals surface area contributed by atoms with Crippen LogP contribution in [0.5, 0.6) is 11.5 Å². The maximum atomic E-state index is 12.1. The minimum Gasteiger partial charge on any atom is -0.508 e. The van der Waals surface area contributed by atoms with Gasteiger partial charge in [0.1, 0.15) is 24.2 Å². The van der Waals surface area contributed by atoms with Gasteiger partial charge in [-0.1, -0.05) is 13.0 Å². The number of carbonyl (C=O) groups excluding carboxylic acids is 1. The van der Waals surface area contributed by atoms with Crippen molar-refractivity contribution in [2.75, 3.05) is 11.9 Å². The van der Waals surface area contributed by atoms with Crippen molar-refractivity contribution in [1.29, 1.82) is 0 Å². The zero-order valence-electron chi connectivity index (χ0n) is 13.7. The second-order valence-electron chi connectivity index (χ2n) is 5.41. The second-order valence-corrected chi connectivity index (χ2v) is 5.41. The van der Waals surface area contributed by atoms with Crippen LogP contribution in [0.25, 0.3) is 5.69 Å². The molecule has 7 heteroatoms. The molecule has 25 heavy (non-hydrogen) atoms. The van der Waals surface area contributed by atoms with Gasteiger partial charge in [-0.15, -0.1) is 10.2 Å². The minimum atomic E-state index is -0.292. The molecule has 7 nitrogen and oxygen atoms in total. The van der Waals surface area contributed by atoms with Gasteiger partial charge in [0.15, 0.2) is 6.61 Å². The standard InChI is InChI=1S/C18H18N4O3/c1-2-13-3-8-17(16(9-13)22-11-19-20-12-22)25-10-18(24)21-14-4-6-15(23)7-5-14/h3-9,11-12,23H,2,10H2,1H3,(H,21,24). The van der Waals surface area contributed by atoms with E-state index in [0.29, 0.717) is 11.4 Å². The Labute approximate surface area is 144 Å². The Kier molecular flexibility index (Phi) is 4.94. The van der Waals surface area contributed by atoms with Crippen molar-refractivity contribution in [3.63, 3.8) is 0 Å². The number of hydrogen-bond donors (Lipinski definition) is 2. The van der Waals surface area contributed by atoms with Crippen LogP contribution in [0.4, 0.5) is 5.69 Å². The van der Waals surface area contributed by atoms with Gasteiger partial charge in [0.2, 0.25) is 0 Å². The zero-order valence-corrected chi connectivity index (χ0v) is 13.7. The number of nitrogens with zero attached hydrogens (tertiary/aromatic N) is 3. The molecule has 0 aliphatic rings. The van der Waals surface area contributed by atoms with Gasteiger partial charge in [-0.05, 0) is 48.4 Å². The summed E-state index contributed by atoms with van der Waals surface area (Å²) in [6, 6.07) is 12.0. The molecule has 0 bridgehead atoms. The number of aromatic hydroxyl groups is 1. The van der Waals surface area contributed by atoms with Gasteiger partial charge in [0.25, 0.3) is 5.91 Å². The molecule has 2 aromatic carbocycles. The van der Waals surface area contributed by atoms with Crippen molar-refractivity contribution in [2.24, 2.45) is 0 Å². The number of phenolic OH excluding ortho intramolecular Hbond substituents is 1. The molecule has 0 saturated carbocycles. The fraction of sp³-hybridized carbons (Fsp3) is 0.167. The number of aryl methyl sites for hydroxylation is 1. The third-order valence-electron chi connectivity index (χ3n) is 3.64. The van der Waals surface area contributed by atoms with E-state index in [1.165, 1.54) is 12.1 Å². The fourth-order valence-corrected chi connectivity index (χ4v) is 2.32. The lowest BCUT2D eigenvalue weighted by Crippen LogP contribution is -2.20. The van der Waals surface area contributed by atoms with E-state index in [1.807, 2.05) is 18.2 Å². The molecule has 0 spiro atoms. The van der Waals surface area contributed by atoms with E-state index >= 15 is 0 Å². The van der Waals surface area contributed by atoms with E-state index in [0.717, 1.165) is 17.7 Å². The van der Waals surface area contributed by atoms with Crippen molar-refractivity contribution >= 4 is 11.6 Å². The lowest BCUT2D eigenvalue weighted by molar-refractivity contribution is -0.118. The Morgan fingerprint density at radius 3 is 2.56 bits per heavy atom. The SMILES string of the molecule is CCc1ccc(OCC(=O)Nc2ccc(O)cc2)c(-n2cnnc2)c1. The summed E-state index contributed by atoms with van der Waals surface area (Å²) >= 11 is 0.